The Morgan fingerprint density at radius 1 is 1.58 bits per heavy atom. The zero-order valence-electron chi connectivity index (χ0n) is 7.71. The number of thioether (sulfide) groups is 1. The summed E-state index contributed by atoms with van der Waals surface area (Å²) in [5.74, 6) is 1.75. The van der Waals surface area contributed by atoms with Crippen molar-refractivity contribution < 1.29 is 9.53 Å². The van der Waals surface area contributed by atoms with E-state index in [1.807, 2.05) is 11.8 Å². The van der Waals surface area contributed by atoms with Gasteiger partial charge in [0.2, 0.25) is 0 Å². The van der Waals surface area contributed by atoms with E-state index in [1.165, 1.54) is 7.11 Å². The fraction of sp³-hybridized carbons (Fsp3) is 0.875. The Bertz CT molecular complexity index is 130. The Kier molecular flexibility index (Phi) is 7.29. The molecule has 0 spiro atoms. The molecular weight excluding hydrogens is 174 g/mol. The van der Waals surface area contributed by atoms with E-state index in [-0.39, 0.29) is 5.97 Å². The molecule has 3 nitrogen and oxygen atoms in total. The van der Waals surface area contributed by atoms with Crippen molar-refractivity contribution in [3.63, 3.8) is 0 Å². The summed E-state index contributed by atoms with van der Waals surface area (Å²) in [6.07, 6.45) is 1.87. The molecule has 0 rings (SSSR count). The second kappa shape index (κ2) is 7.43. The minimum Gasteiger partial charge on any atom is -0.468 e. The van der Waals surface area contributed by atoms with Crippen LogP contribution in [0.1, 0.15) is 19.8 Å². The van der Waals surface area contributed by atoms with Crippen LogP contribution in [0.4, 0.5) is 0 Å². The van der Waals surface area contributed by atoms with E-state index in [4.69, 9.17) is 5.73 Å². The van der Waals surface area contributed by atoms with Crippen LogP contribution in [-0.2, 0) is 9.53 Å². The van der Waals surface area contributed by atoms with Gasteiger partial charge in [0.05, 0.1) is 7.11 Å². The molecule has 2 N–H and O–H groups in total. The van der Waals surface area contributed by atoms with Crippen molar-refractivity contribution in [2.24, 2.45) is 5.73 Å². The molecule has 4 heteroatoms. The molecule has 1 unspecified atom stereocenters. The quantitative estimate of drug-likeness (QED) is 0.503. The molecule has 0 bridgehead atoms. The highest BCUT2D eigenvalue weighted by atomic mass is 32.2. The number of hydrogen-bond acceptors (Lipinski definition) is 4. The first-order valence-electron chi connectivity index (χ1n) is 4.13. The van der Waals surface area contributed by atoms with Crippen molar-refractivity contribution in [1.82, 2.24) is 0 Å². The van der Waals surface area contributed by atoms with Gasteiger partial charge in [0.1, 0.15) is 6.04 Å². The third-order valence-electron chi connectivity index (χ3n) is 1.43. The Balaban J connectivity index is 3.31. The molecule has 72 valence electrons. The highest BCUT2D eigenvalue weighted by molar-refractivity contribution is 7.99. The van der Waals surface area contributed by atoms with E-state index in [1.54, 1.807) is 0 Å². The standard InChI is InChI=1S/C8H17NO2S/c1-3-5-12-6-4-7(9)8(10)11-2/h7H,3-6,9H2,1-2H3. The van der Waals surface area contributed by atoms with Gasteiger partial charge in [-0.25, -0.2) is 0 Å². The maximum absolute atomic E-state index is 10.8. The lowest BCUT2D eigenvalue weighted by molar-refractivity contribution is -0.142. The maximum atomic E-state index is 10.8. The summed E-state index contributed by atoms with van der Waals surface area (Å²) in [7, 11) is 1.36. The second-order valence-electron chi connectivity index (χ2n) is 2.53. The predicted molar refractivity (Wildman–Crippen MR) is 52.2 cm³/mol. The number of hydrogen-bond donors (Lipinski definition) is 1. The molecule has 0 aromatic rings. The first-order valence-corrected chi connectivity index (χ1v) is 5.29. The minimum atomic E-state index is -0.445. The SMILES string of the molecule is CCCSCCC(N)C(=O)OC. The fourth-order valence-electron chi connectivity index (χ4n) is 0.726. The topological polar surface area (TPSA) is 52.3 Å². The molecule has 1 atom stereocenters. The van der Waals surface area contributed by atoms with Crippen molar-refractivity contribution in [2.45, 2.75) is 25.8 Å². The van der Waals surface area contributed by atoms with E-state index >= 15 is 0 Å². The summed E-state index contributed by atoms with van der Waals surface area (Å²) in [6.45, 7) is 2.13. The van der Waals surface area contributed by atoms with Crippen LogP contribution >= 0.6 is 11.8 Å². The molecule has 0 aromatic carbocycles. The predicted octanol–water partition coefficient (Wildman–Crippen LogP) is 1.02. The average molecular weight is 191 g/mol. The molecule has 0 saturated carbocycles. The lowest BCUT2D eigenvalue weighted by Crippen LogP contribution is -2.31. The van der Waals surface area contributed by atoms with Gasteiger partial charge in [-0.1, -0.05) is 6.92 Å². The Labute approximate surface area is 78.0 Å². The highest BCUT2D eigenvalue weighted by Crippen LogP contribution is 2.05. The van der Waals surface area contributed by atoms with Gasteiger partial charge in [-0.15, -0.1) is 0 Å². The van der Waals surface area contributed by atoms with E-state index in [0.717, 1.165) is 17.9 Å². The van der Waals surface area contributed by atoms with Crippen LogP contribution in [0.5, 0.6) is 0 Å². The molecule has 0 aromatic heterocycles. The van der Waals surface area contributed by atoms with Crippen LogP contribution in [0.3, 0.4) is 0 Å². The molecule has 0 aliphatic heterocycles. The molecule has 0 aliphatic carbocycles. The number of esters is 1. The van der Waals surface area contributed by atoms with Crippen LogP contribution in [0, 0.1) is 0 Å². The molecule has 0 aliphatic rings. The van der Waals surface area contributed by atoms with Gasteiger partial charge in [0, 0.05) is 0 Å². The Morgan fingerprint density at radius 2 is 2.25 bits per heavy atom. The third-order valence-corrected chi connectivity index (χ3v) is 2.65. The van der Waals surface area contributed by atoms with E-state index in [2.05, 4.69) is 11.7 Å². The van der Waals surface area contributed by atoms with Gasteiger partial charge >= 0.3 is 5.97 Å². The average Bonchev–Trinajstić information content (AvgIpc) is 2.10. The van der Waals surface area contributed by atoms with Gasteiger partial charge < -0.3 is 10.5 Å². The molecule has 0 amide bonds. The molecule has 12 heavy (non-hydrogen) atoms. The highest BCUT2D eigenvalue weighted by Gasteiger charge is 2.12. The van der Waals surface area contributed by atoms with Crippen LogP contribution in [-0.4, -0.2) is 30.6 Å². The lowest BCUT2D eigenvalue weighted by Gasteiger charge is -2.07. The van der Waals surface area contributed by atoms with Crippen molar-refractivity contribution in [3.8, 4) is 0 Å². The summed E-state index contributed by atoms with van der Waals surface area (Å²) in [6, 6.07) is -0.445. The van der Waals surface area contributed by atoms with E-state index in [0.29, 0.717) is 6.42 Å². The van der Waals surface area contributed by atoms with Crippen molar-refractivity contribution >= 4 is 17.7 Å². The van der Waals surface area contributed by atoms with Crippen LogP contribution in [0.25, 0.3) is 0 Å². The van der Waals surface area contributed by atoms with Crippen molar-refractivity contribution in [2.75, 3.05) is 18.6 Å². The summed E-state index contributed by atoms with van der Waals surface area (Å²) >= 11 is 1.82. The number of carbonyl (C=O) groups is 1. The number of carbonyl (C=O) groups excluding carboxylic acids is 1. The molecule has 0 fully saturated rings. The zero-order valence-corrected chi connectivity index (χ0v) is 8.52. The molecule has 0 heterocycles. The normalized spacial score (nSPS) is 12.6. The summed E-state index contributed by atoms with van der Waals surface area (Å²) in [4.78, 5) is 10.8. The van der Waals surface area contributed by atoms with Gasteiger partial charge in [-0.05, 0) is 24.3 Å². The van der Waals surface area contributed by atoms with Crippen LogP contribution < -0.4 is 5.73 Å². The zero-order chi connectivity index (χ0) is 9.40. The number of ether oxygens (including phenoxy) is 1. The monoisotopic (exact) mass is 191 g/mol. The first-order chi connectivity index (χ1) is 5.72. The largest absolute Gasteiger partial charge is 0.468 e. The van der Waals surface area contributed by atoms with E-state index < -0.39 is 6.04 Å². The number of nitrogens with two attached hydrogens (primary N) is 1. The van der Waals surface area contributed by atoms with Gasteiger partial charge in [-0.3, -0.25) is 4.79 Å². The minimum absolute atomic E-state index is 0.313. The number of methoxy groups -OCH3 is 1. The molecule has 0 saturated heterocycles. The van der Waals surface area contributed by atoms with E-state index in [9.17, 15) is 4.79 Å². The molecular formula is C8H17NO2S. The summed E-state index contributed by atoms with van der Waals surface area (Å²) in [5, 5.41) is 0. The second-order valence-corrected chi connectivity index (χ2v) is 3.76. The van der Waals surface area contributed by atoms with Crippen molar-refractivity contribution in [3.05, 3.63) is 0 Å². The number of rotatable bonds is 6. The maximum Gasteiger partial charge on any atom is 0.322 e. The Hall–Kier alpha value is -0.220. The van der Waals surface area contributed by atoms with Gasteiger partial charge in [-0.2, -0.15) is 11.8 Å². The summed E-state index contributed by atoms with van der Waals surface area (Å²) < 4.78 is 4.50. The van der Waals surface area contributed by atoms with Crippen LogP contribution in [0.15, 0.2) is 0 Å². The smallest absolute Gasteiger partial charge is 0.322 e. The summed E-state index contributed by atoms with van der Waals surface area (Å²) in [5.41, 5.74) is 5.52. The first kappa shape index (κ1) is 11.8. The molecule has 0 radical (unpaired) electrons. The van der Waals surface area contributed by atoms with Crippen molar-refractivity contribution in [1.29, 1.82) is 0 Å². The Morgan fingerprint density at radius 3 is 2.75 bits per heavy atom. The fourth-order valence-corrected chi connectivity index (χ4v) is 1.64. The third kappa shape index (κ3) is 5.43. The van der Waals surface area contributed by atoms with Crippen LogP contribution in [0.2, 0.25) is 0 Å². The lowest BCUT2D eigenvalue weighted by atomic mass is 10.2. The van der Waals surface area contributed by atoms with Gasteiger partial charge in [0.15, 0.2) is 0 Å². The van der Waals surface area contributed by atoms with Gasteiger partial charge in [0.25, 0.3) is 0 Å².